The van der Waals surface area contributed by atoms with Crippen molar-refractivity contribution in [2.45, 2.75) is 32.9 Å². The third-order valence-corrected chi connectivity index (χ3v) is 5.50. The molecule has 0 aromatic heterocycles. The number of urea groups is 1. The fourth-order valence-corrected chi connectivity index (χ4v) is 3.11. The molecule has 22 heavy (non-hydrogen) atoms. The molecule has 0 radical (unpaired) electrons. The monoisotopic (exact) mass is 330 g/mol. The van der Waals surface area contributed by atoms with Gasteiger partial charge in [-0.2, -0.15) is 0 Å². The molecule has 1 N–H and O–H groups in total. The molecular formula is C15H23FN2O3S. The lowest BCUT2D eigenvalue weighted by molar-refractivity contribution is 0.195. The first-order valence-corrected chi connectivity index (χ1v) is 8.97. The molecule has 1 aromatic rings. The van der Waals surface area contributed by atoms with Gasteiger partial charge in [0.25, 0.3) is 0 Å². The molecule has 1 rings (SSSR count). The van der Waals surface area contributed by atoms with Crippen LogP contribution < -0.4 is 5.32 Å². The molecule has 0 aliphatic rings. The van der Waals surface area contributed by atoms with Crippen LogP contribution in [-0.2, 0) is 9.84 Å². The third-order valence-electron chi connectivity index (χ3n) is 3.63. The maximum Gasteiger partial charge on any atom is 0.317 e. The van der Waals surface area contributed by atoms with E-state index in [1.165, 1.54) is 17.0 Å². The van der Waals surface area contributed by atoms with Crippen molar-refractivity contribution in [3.8, 4) is 0 Å². The molecule has 0 spiro atoms. The van der Waals surface area contributed by atoms with Crippen molar-refractivity contribution in [2.24, 2.45) is 0 Å². The molecule has 0 heterocycles. The number of nitrogens with one attached hydrogen (secondary N) is 1. The van der Waals surface area contributed by atoms with Gasteiger partial charge in [0.15, 0.2) is 9.84 Å². The molecule has 2 atom stereocenters. The Labute approximate surface area is 131 Å². The highest BCUT2D eigenvalue weighted by atomic mass is 32.2. The minimum atomic E-state index is -3.15. The summed E-state index contributed by atoms with van der Waals surface area (Å²) in [6, 6.07) is 4.78. The largest absolute Gasteiger partial charge is 0.331 e. The van der Waals surface area contributed by atoms with Gasteiger partial charge in [0.2, 0.25) is 0 Å². The smallest absolute Gasteiger partial charge is 0.317 e. The van der Waals surface area contributed by atoms with Gasteiger partial charge in [0.1, 0.15) is 5.82 Å². The molecule has 5 nitrogen and oxygen atoms in total. The van der Waals surface area contributed by atoms with Gasteiger partial charge in [0, 0.05) is 18.8 Å². The summed E-state index contributed by atoms with van der Waals surface area (Å²) >= 11 is 0. The Morgan fingerprint density at radius 2 is 1.82 bits per heavy atom. The van der Waals surface area contributed by atoms with E-state index in [1.807, 2.05) is 0 Å². The van der Waals surface area contributed by atoms with Crippen molar-refractivity contribution in [1.29, 1.82) is 0 Å². The van der Waals surface area contributed by atoms with Crippen LogP contribution in [0.15, 0.2) is 24.3 Å². The molecule has 0 saturated heterocycles. The quantitative estimate of drug-likeness (QED) is 0.871. The minimum absolute atomic E-state index is 0.0543. The van der Waals surface area contributed by atoms with Gasteiger partial charge in [-0.15, -0.1) is 0 Å². The van der Waals surface area contributed by atoms with Gasteiger partial charge in [-0.25, -0.2) is 17.6 Å². The van der Waals surface area contributed by atoms with E-state index >= 15 is 0 Å². The molecule has 0 saturated carbocycles. The predicted octanol–water partition coefficient (Wildman–Crippen LogP) is 2.35. The Bertz CT molecular complexity index is 602. The van der Waals surface area contributed by atoms with E-state index in [-0.39, 0.29) is 29.4 Å². The zero-order chi connectivity index (χ0) is 16.9. The van der Waals surface area contributed by atoms with E-state index in [2.05, 4.69) is 5.32 Å². The second-order valence-corrected chi connectivity index (χ2v) is 7.78. The summed E-state index contributed by atoms with van der Waals surface area (Å²) in [6.07, 6.45) is 0. The summed E-state index contributed by atoms with van der Waals surface area (Å²) in [5.41, 5.74) is 0.775. The van der Waals surface area contributed by atoms with Crippen LogP contribution in [0.1, 0.15) is 32.4 Å². The molecule has 2 amide bonds. The number of hydrogen-bond acceptors (Lipinski definition) is 3. The summed E-state index contributed by atoms with van der Waals surface area (Å²) in [4.78, 5) is 13.5. The highest BCUT2D eigenvalue weighted by Crippen LogP contribution is 2.13. The highest BCUT2D eigenvalue weighted by Gasteiger charge is 2.22. The van der Waals surface area contributed by atoms with E-state index in [0.717, 1.165) is 5.56 Å². The van der Waals surface area contributed by atoms with E-state index in [9.17, 15) is 17.6 Å². The van der Waals surface area contributed by atoms with Crippen molar-refractivity contribution in [3.63, 3.8) is 0 Å². The van der Waals surface area contributed by atoms with Crippen molar-refractivity contribution in [3.05, 3.63) is 35.6 Å². The molecule has 0 unspecified atom stereocenters. The van der Waals surface area contributed by atoms with Crippen LogP contribution in [0.25, 0.3) is 0 Å². The zero-order valence-corrected chi connectivity index (χ0v) is 14.2. The number of halogens is 1. The van der Waals surface area contributed by atoms with E-state index in [4.69, 9.17) is 0 Å². The number of benzene rings is 1. The van der Waals surface area contributed by atoms with Crippen LogP contribution in [0.5, 0.6) is 0 Å². The summed E-state index contributed by atoms with van der Waals surface area (Å²) in [6.45, 7) is 5.06. The van der Waals surface area contributed by atoms with Crippen LogP contribution in [0.3, 0.4) is 0 Å². The SMILES string of the molecule is CCS(=O)(=O)C[C@H](C)N(C)C(=O)N[C@H](C)c1ccc(F)cc1. The third kappa shape index (κ3) is 5.29. The van der Waals surface area contributed by atoms with Crippen LogP contribution in [0, 0.1) is 5.82 Å². The second kappa shape index (κ2) is 7.58. The lowest BCUT2D eigenvalue weighted by Crippen LogP contribution is -2.45. The Balaban J connectivity index is 2.65. The second-order valence-electron chi connectivity index (χ2n) is 5.38. The number of carbonyl (C=O) groups is 1. The number of nitrogens with zero attached hydrogens (tertiary/aromatic N) is 1. The fraction of sp³-hybridized carbons (Fsp3) is 0.533. The van der Waals surface area contributed by atoms with E-state index in [1.54, 1.807) is 40.0 Å². The number of hydrogen-bond donors (Lipinski definition) is 1. The lowest BCUT2D eigenvalue weighted by atomic mass is 10.1. The van der Waals surface area contributed by atoms with Crippen molar-refractivity contribution < 1.29 is 17.6 Å². The van der Waals surface area contributed by atoms with Gasteiger partial charge >= 0.3 is 6.03 Å². The molecule has 1 aromatic carbocycles. The van der Waals surface area contributed by atoms with Gasteiger partial charge < -0.3 is 10.2 Å². The Kier molecular flexibility index (Phi) is 6.34. The van der Waals surface area contributed by atoms with E-state index < -0.39 is 15.9 Å². The van der Waals surface area contributed by atoms with Crippen LogP contribution in [0.4, 0.5) is 9.18 Å². The fourth-order valence-electron chi connectivity index (χ4n) is 1.92. The van der Waals surface area contributed by atoms with Crippen molar-refractivity contribution in [2.75, 3.05) is 18.6 Å². The average Bonchev–Trinajstić information content (AvgIpc) is 2.46. The normalized spacial score (nSPS) is 14.2. The molecule has 7 heteroatoms. The summed E-state index contributed by atoms with van der Waals surface area (Å²) in [5.74, 6) is -0.352. The topological polar surface area (TPSA) is 66.5 Å². The van der Waals surface area contributed by atoms with Gasteiger partial charge in [-0.1, -0.05) is 19.1 Å². The molecule has 0 fully saturated rings. The zero-order valence-electron chi connectivity index (χ0n) is 13.3. The first kappa shape index (κ1) is 18.4. The number of carbonyl (C=O) groups excluding carboxylic acids is 1. The lowest BCUT2D eigenvalue weighted by Gasteiger charge is -2.27. The number of sulfone groups is 1. The Morgan fingerprint density at radius 3 is 2.32 bits per heavy atom. The standard InChI is InChI=1S/C15H23FN2O3S/c1-5-22(20,21)10-11(2)18(4)15(19)17-12(3)13-6-8-14(16)9-7-13/h6-9,11-12H,5,10H2,1-4H3,(H,17,19)/t11-,12+/m0/s1. The summed E-state index contributed by atoms with van der Waals surface area (Å²) in [7, 11) is -1.59. The van der Waals surface area contributed by atoms with Crippen molar-refractivity contribution >= 4 is 15.9 Å². The molecular weight excluding hydrogens is 307 g/mol. The average molecular weight is 330 g/mol. The summed E-state index contributed by atoms with van der Waals surface area (Å²) in [5, 5.41) is 2.77. The number of rotatable bonds is 6. The van der Waals surface area contributed by atoms with Crippen LogP contribution in [0.2, 0.25) is 0 Å². The minimum Gasteiger partial charge on any atom is -0.331 e. The predicted molar refractivity (Wildman–Crippen MR) is 84.9 cm³/mol. The van der Waals surface area contributed by atoms with Crippen molar-refractivity contribution in [1.82, 2.24) is 10.2 Å². The maximum atomic E-state index is 12.9. The molecule has 0 bridgehead atoms. The Hall–Kier alpha value is -1.63. The van der Waals surface area contributed by atoms with E-state index in [0.29, 0.717) is 0 Å². The van der Waals surface area contributed by atoms with Crippen LogP contribution >= 0.6 is 0 Å². The van der Waals surface area contributed by atoms with Crippen LogP contribution in [-0.4, -0.2) is 43.9 Å². The maximum absolute atomic E-state index is 12.9. The van der Waals surface area contributed by atoms with Gasteiger partial charge in [-0.3, -0.25) is 0 Å². The highest BCUT2D eigenvalue weighted by molar-refractivity contribution is 7.91. The van der Waals surface area contributed by atoms with Gasteiger partial charge in [0.05, 0.1) is 11.8 Å². The first-order valence-electron chi connectivity index (χ1n) is 7.15. The molecule has 124 valence electrons. The molecule has 0 aliphatic carbocycles. The number of amides is 2. The first-order chi connectivity index (χ1) is 10.2. The van der Waals surface area contributed by atoms with Gasteiger partial charge in [-0.05, 0) is 31.5 Å². The summed E-state index contributed by atoms with van der Waals surface area (Å²) < 4.78 is 36.1. The molecule has 0 aliphatic heterocycles. The Morgan fingerprint density at radius 1 is 1.27 bits per heavy atom.